The van der Waals surface area contributed by atoms with Gasteiger partial charge in [0.25, 0.3) is 0 Å². The van der Waals surface area contributed by atoms with Crippen LogP contribution < -0.4 is 0 Å². The molecule has 0 bridgehead atoms. The summed E-state index contributed by atoms with van der Waals surface area (Å²) in [4.78, 5) is 27.4. The summed E-state index contributed by atoms with van der Waals surface area (Å²) in [6.07, 6.45) is 2.06. The largest absolute Gasteiger partial charge is 0.456 e. The van der Waals surface area contributed by atoms with Crippen LogP contribution in [0, 0.1) is 0 Å². The van der Waals surface area contributed by atoms with Crippen LogP contribution in [0.1, 0.15) is 48.5 Å². The van der Waals surface area contributed by atoms with E-state index < -0.39 is 11.6 Å². The van der Waals surface area contributed by atoms with Gasteiger partial charge in [-0.25, -0.2) is 4.79 Å². The van der Waals surface area contributed by atoms with Crippen LogP contribution in [0.3, 0.4) is 0 Å². The van der Waals surface area contributed by atoms with E-state index in [1.54, 1.807) is 26.8 Å². The molecule has 0 aliphatic heterocycles. The highest BCUT2D eigenvalue weighted by Crippen LogP contribution is 2.22. The predicted octanol–water partition coefficient (Wildman–Crippen LogP) is 2.96. The number of thioether (sulfide) groups is 1. The molecule has 0 saturated heterocycles. The lowest BCUT2D eigenvalue weighted by molar-refractivity contribution is 0.00686. The molecule has 0 saturated carbocycles. The van der Waals surface area contributed by atoms with Crippen molar-refractivity contribution in [1.29, 1.82) is 0 Å². The molecule has 0 N–H and O–H groups in total. The van der Waals surface area contributed by atoms with Crippen molar-refractivity contribution in [2.24, 2.45) is 0 Å². The first-order valence-electron chi connectivity index (χ1n) is 5.68. The summed E-state index contributed by atoms with van der Waals surface area (Å²) in [5.41, 5.74) is 0.180. The molecule has 1 rings (SSSR count). The van der Waals surface area contributed by atoms with Crippen LogP contribution in [-0.2, 0) is 4.74 Å². The van der Waals surface area contributed by atoms with E-state index >= 15 is 0 Å². The molecule has 4 nitrogen and oxygen atoms in total. The van der Waals surface area contributed by atoms with Crippen molar-refractivity contribution >= 4 is 24.0 Å². The summed E-state index contributed by atoms with van der Waals surface area (Å²) in [5.74, 6) is 0.380. The van der Waals surface area contributed by atoms with Crippen LogP contribution in [-0.4, -0.2) is 28.6 Å². The zero-order valence-corrected chi connectivity index (χ0v) is 11.8. The summed E-state index contributed by atoms with van der Waals surface area (Å²) >= 11 is 1.47. The Balaban J connectivity index is 3.00. The average molecular weight is 267 g/mol. The number of ether oxygens (including phenoxy) is 1. The highest BCUT2D eigenvalue weighted by atomic mass is 32.2. The standard InChI is InChI=1S/C13H17NO3S/c1-5-18-11-6-9(7-14-10(11)8-15)12(16)17-13(2,3)4/h6-8H,5H2,1-4H3. The molecule has 0 radical (unpaired) electrons. The first-order valence-corrected chi connectivity index (χ1v) is 6.67. The fourth-order valence-electron chi connectivity index (χ4n) is 1.26. The predicted molar refractivity (Wildman–Crippen MR) is 71.2 cm³/mol. The molecule has 98 valence electrons. The number of carbonyl (C=O) groups excluding carboxylic acids is 2. The molecule has 18 heavy (non-hydrogen) atoms. The van der Waals surface area contributed by atoms with E-state index in [1.807, 2.05) is 6.92 Å². The summed E-state index contributed by atoms with van der Waals surface area (Å²) in [5, 5.41) is 0. The van der Waals surface area contributed by atoms with Gasteiger partial charge in [0.15, 0.2) is 6.29 Å². The Morgan fingerprint density at radius 3 is 2.67 bits per heavy atom. The van der Waals surface area contributed by atoms with Gasteiger partial charge in [0.2, 0.25) is 0 Å². The topological polar surface area (TPSA) is 56.3 Å². The third kappa shape index (κ3) is 4.14. The number of rotatable bonds is 4. The second-order valence-corrected chi connectivity index (χ2v) is 5.97. The van der Waals surface area contributed by atoms with Crippen LogP contribution in [0.25, 0.3) is 0 Å². The normalized spacial score (nSPS) is 11.1. The first kappa shape index (κ1) is 14.7. The van der Waals surface area contributed by atoms with Crippen LogP contribution in [0.15, 0.2) is 17.2 Å². The zero-order valence-electron chi connectivity index (χ0n) is 11.0. The van der Waals surface area contributed by atoms with Gasteiger partial charge in [0.1, 0.15) is 11.3 Å². The van der Waals surface area contributed by atoms with E-state index in [-0.39, 0.29) is 0 Å². The second-order valence-electron chi connectivity index (χ2n) is 4.66. The van der Waals surface area contributed by atoms with Crippen molar-refractivity contribution in [1.82, 2.24) is 4.98 Å². The van der Waals surface area contributed by atoms with Gasteiger partial charge in [-0.3, -0.25) is 9.78 Å². The highest BCUT2D eigenvalue weighted by molar-refractivity contribution is 7.99. The van der Waals surface area contributed by atoms with E-state index in [2.05, 4.69) is 4.98 Å². The van der Waals surface area contributed by atoms with Gasteiger partial charge in [-0.15, -0.1) is 11.8 Å². The lowest BCUT2D eigenvalue weighted by Gasteiger charge is -2.19. The second kappa shape index (κ2) is 6.00. The number of esters is 1. The Bertz CT molecular complexity index is 452. The summed E-state index contributed by atoms with van der Waals surface area (Å²) in [6, 6.07) is 1.65. The van der Waals surface area contributed by atoms with Gasteiger partial charge >= 0.3 is 5.97 Å². The summed E-state index contributed by atoms with van der Waals surface area (Å²) in [7, 11) is 0. The number of carbonyl (C=O) groups is 2. The lowest BCUT2D eigenvalue weighted by atomic mass is 10.2. The Labute approximate surface area is 111 Å². The Kier molecular flexibility index (Phi) is 4.90. The van der Waals surface area contributed by atoms with Crippen LogP contribution in [0.4, 0.5) is 0 Å². The monoisotopic (exact) mass is 267 g/mol. The molecule has 0 aliphatic rings. The Hall–Kier alpha value is -1.36. The first-order chi connectivity index (χ1) is 8.37. The van der Waals surface area contributed by atoms with Crippen molar-refractivity contribution in [2.75, 3.05) is 5.75 Å². The average Bonchev–Trinajstić information content (AvgIpc) is 2.27. The highest BCUT2D eigenvalue weighted by Gasteiger charge is 2.19. The smallest absolute Gasteiger partial charge is 0.340 e. The van der Waals surface area contributed by atoms with Crippen LogP contribution in [0.2, 0.25) is 0 Å². The quantitative estimate of drug-likeness (QED) is 0.477. The van der Waals surface area contributed by atoms with Crippen LogP contribution >= 0.6 is 11.8 Å². The van der Waals surface area contributed by atoms with Gasteiger partial charge in [0.05, 0.1) is 5.56 Å². The molecule has 1 aromatic heterocycles. The lowest BCUT2D eigenvalue weighted by Crippen LogP contribution is -2.24. The van der Waals surface area contributed by atoms with E-state index in [4.69, 9.17) is 4.74 Å². The molecule has 0 atom stereocenters. The maximum absolute atomic E-state index is 11.9. The molecule has 0 amide bonds. The van der Waals surface area contributed by atoms with Gasteiger partial charge in [-0.05, 0) is 32.6 Å². The van der Waals surface area contributed by atoms with Gasteiger partial charge in [-0.2, -0.15) is 0 Å². The van der Waals surface area contributed by atoms with E-state index in [9.17, 15) is 9.59 Å². The van der Waals surface area contributed by atoms with Crippen molar-refractivity contribution in [3.8, 4) is 0 Å². The number of aldehydes is 1. The number of hydrogen-bond acceptors (Lipinski definition) is 5. The van der Waals surface area contributed by atoms with Gasteiger partial charge in [0, 0.05) is 11.1 Å². The van der Waals surface area contributed by atoms with Crippen molar-refractivity contribution in [2.45, 2.75) is 38.2 Å². The molecule has 5 heteroatoms. The van der Waals surface area contributed by atoms with Crippen molar-refractivity contribution in [3.63, 3.8) is 0 Å². The van der Waals surface area contributed by atoms with E-state index in [0.29, 0.717) is 22.4 Å². The summed E-state index contributed by atoms with van der Waals surface area (Å²) in [6.45, 7) is 7.39. The SMILES string of the molecule is CCSc1cc(C(=O)OC(C)(C)C)cnc1C=O. The molecular formula is C13H17NO3S. The van der Waals surface area contributed by atoms with E-state index in [0.717, 1.165) is 5.75 Å². The van der Waals surface area contributed by atoms with Crippen molar-refractivity contribution < 1.29 is 14.3 Å². The number of aromatic nitrogens is 1. The van der Waals surface area contributed by atoms with Gasteiger partial charge in [-0.1, -0.05) is 6.92 Å². The van der Waals surface area contributed by atoms with E-state index in [1.165, 1.54) is 18.0 Å². The minimum absolute atomic E-state index is 0.356. The molecule has 1 aromatic rings. The van der Waals surface area contributed by atoms with Crippen LogP contribution in [0.5, 0.6) is 0 Å². The molecule has 1 heterocycles. The zero-order chi connectivity index (χ0) is 13.8. The fraction of sp³-hybridized carbons (Fsp3) is 0.462. The Morgan fingerprint density at radius 1 is 1.50 bits per heavy atom. The molecule has 0 aliphatic carbocycles. The minimum Gasteiger partial charge on any atom is -0.456 e. The minimum atomic E-state index is -0.543. The molecule has 0 unspecified atom stereocenters. The molecular weight excluding hydrogens is 250 g/mol. The van der Waals surface area contributed by atoms with Gasteiger partial charge < -0.3 is 4.74 Å². The third-order valence-corrected chi connectivity index (χ3v) is 2.85. The molecule has 0 fully saturated rings. The third-order valence-electron chi connectivity index (χ3n) is 1.93. The number of nitrogens with zero attached hydrogens (tertiary/aromatic N) is 1. The molecule has 0 aromatic carbocycles. The maximum atomic E-state index is 11.9. The maximum Gasteiger partial charge on any atom is 0.340 e. The van der Waals surface area contributed by atoms with Crippen molar-refractivity contribution in [3.05, 3.63) is 23.5 Å². The fourth-order valence-corrected chi connectivity index (χ4v) is 2.03. The number of hydrogen-bond donors (Lipinski definition) is 0. The molecule has 0 spiro atoms. The summed E-state index contributed by atoms with van der Waals surface area (Å²) < 4.78 is 5.25. The Morgan fingerprint density at radius 2 is 2.17 bits per heavy atom. The number of pyridine rings is 1.